The minimum Gasteiger partial charge on any atom is -0.396 e. The summed E-state index contributed by atoms with van der Waals surface area (Å²) >= 11 is 1.54. The molecule has 0 spiro atoms. The standard InChI is InChI=1S/C18H19N3OS/c22-11-12-23-18-20-19-17(13-15-7-3-1-4-8-15)21(18)14-16-9-5-2-6-10-16/h1-10,22H,11-14H2. The molecule has 0 bridgehead atoms. The van der Waals surface area contributed by atoms with Gasteiger partial charge in [-0.2, -0.15) is 0 Å². The normalized spacial score (nSPS) is 10.8. The molecule has 5 heteroatoms. The van der Waals surface area contributed by atoms with Crippen LogP contribution in [0.2, 0.25) is 0 Å². The molecule has 3 aromatic rings. The molecule has 0 fully saturated rings. The third-order valence-electron chi connectivity index (χ3n) is 3.50. The first-order chi connectivity index (χ1) is 11.4. The van der Waals surface area contributed by atoms with E-state index >= 15 is 0 Å². The minimum atomic E-state index is 0.136. The van der Waals surface area contributed by atoms with E-state index in [9.17, 15) is 0 Å². The van der Waals surface area contributed by atoms with Gasteiger partial charge in [0.1, 0.15) is 5.82 Å². The van der Waals surface area contributed by atoms with E-state index in [0.717, 1.165) is 23.9 Å². The predicted molar refractivity (Wildman–Crippen MR) is 92.6 cm³/mol. The summed E-state index contributed by atoms with van der Waals surface area (Å²) in [6.07, 6.45) is 0.750. The van der Waals surface area contributed by atoms with Gasteiger partial charge in [0.2, 0.25) is 0 Å². The van der Waals surface area contributed by atoms with Gasteiger partial charge in [-0.15, -0.1) is 10.2 Å². The molecular weight excluding hydrogens is 306 g/mol. The lowest BCUT2D eigenvalue weighted by Gasteiger charge is -2.10. The van der Waals surface area contributed by atoms with Gasteiger partial charge in [0, 0.05) is 12.2 Å². The Morgan fingerprint density at radius 3 is 2.17 bits per heavy atom. The van der Waals surface area contributed by atoms with Crippen molar-refractivity contribution in [2.24, 2.45) is 0 Å². The highest BCUT2D eigenvalue weighted by atomic mass is 32.2. The molecule has 0 aliphatic rings. The van der Waals surface area contributed by atoms with Crippen molar-refractivity contribution in [3.8, 4) is 0 Å². The van der Waals surface area contributed by atoms with E-state index in [-0.39, 0.29) is 6.61 Å². The fourth-order valence-corrected chi connectivity index (χ4v) is 3.09. The maximum absolute atomic E-state index is 9.07. The molecular formula is C18H19N3OS. The smallest absolute Gasteiger partial charge is 0.191 e. The Bertz CT molecular complexity index is 729. The molecule has 0 aliphatic carbocycles. The Labute approximate surface area is 140 Å². The van der Waals surface area contributed by atoms with Gasteiger partial charge in [0.15, 0.2) is 5.16 Å². The second-order valence-electron chi connectivity index (χ2n) is 5.20. The zero-order valence-corrected chi connectivity index (χ0v) is 13.6. The molecule has 1 N–H and O–H groups in total. The van der Waals surface area contributed by atoms with Crippen molar-refractivity contribution in [2.75, 3.05) is 12.4 Å². The lowest BCUT2D eigenvalue weighted by molar-refractivity contribution is 0.322. The maximum atomic E-state index is 9.07. The second kappa shape index (κ2) is 7.94. The van der Waals surface area contributed by atoms with Crippen molar-refractivity contribution in [1.82, 2.24) is 14.8 Å². The van der Waals surface area contributed by atoms with Gasteiger partial charge in [-0.1, -0.05) is 72.4 Å². The van der Waals surface area contributed by atoms with Crippen LogP contribution in [-0.2, 0) is 13.0 Å². The van der Waals surface area contributed by atoms with Gasteiger partial charge in [0.05, 0.1) is 13.2 Å². The summed E-state index contributed by atoms with van der Waals surface area (Å²) in [6.45, 7) is 0.876. The van der Waals surface area contributed by atoms with E-state index in [1.165, 1.54) is 22.9 Å². The molecule has 0 radical (unpaired) electrons. The van der Waals surface area contributed by atoms with Crippen LogP contribution in [0.15, 0.2) is 65.8 Å². The molecule has 0 amide bonds. The molecule has 0 atom stereocenters. The quantitative estimate of drug-likeness (QED) is 0.679. The molecule has 0 saturated heterocycles. The first-order valence-corrected chi connectivity index (χ1v) is 8.59. The molecule has 2 aromatic carbocycles. The average Bonchev–Trinajstić information content (AvgIpc) is 2.96. The molecule has 23 heavy (non-hydrogen) atoms. The molecule has 0 saturated carbocycles. The molecule has 3 rings (SSSR count). The summed E-state index contributed by atoms with van der Waals surface area (Å²) in [4.78, 5) is 0. The predicted octanol–water partition coefficient (Wildman–Crippen LogP) is 3.00. The number of aliphatic hydroxyl groups excluding tert-OH is 1. The van der Waals surface area contributed by atoms with Gasteiger partial charge in [-0.05, 0) is 11.1 Å². The fourth-order valence-electron chi connectivity index (χ4n) is 2.40. The number of hydrogen-bond acceptors (Lipinski definition) is 4. The Morgan fingerprint density at radius 1 is 0.870 bits per heavy atom. The van der Waals surface area contributed by atoms with E-state index in [4.69, 9.17) is 5.11 Å². The van der Waals surface area contributed by atoms with Crippen molar-refractivity contribution >= 4 is 11.8 Å². The van der Waals surface area contributed by atoms with Crippen molar-refractivity contribution in [3.63, 3.8) is 0 Å². The van der Waals surface area contributed by atoms with Crippen LogP contribution >= 0.6 is 11.8 Å². The van der Waals surface area contributed by atoms with E-state index in [1.54, 1.807) is 0 Å². The summed E-state index contributed by atoms with van der Waals surface area (Å²) in [5.74, 6) is 1.57. The minimum absolute atomic E-state index is 0.136. The number of nitrogens with zero attached hydrogens (tertiary/aromatic N) is 3. The Morgan fingerprint density at radius 2 is 1.52 bits per heavy atom. The van der Waals surface area contributed by atoms with Gasteiger partial charge in [0.25, 0.3) is 0 Å². The van der Waals surface area contributed by atoms with Crippen LogP contribution in [0.25, 0.3) is 0 Å². The number of aliphatic hydroxyl groups is 1. The van der Waals surface area contributed by atoms with Crippen LogP contribution < -0.4 is 0 Å². The number of benzene rings is 2. The summed E-state index contributed by atoms with van der Waals surface area (Å²) in [7, 11) is 0. The number of aromatic nitrogens is 3. The Hall–Kier alpha value is -2.11. The Kier molecular flexibility index (Phi) is 5.45. The van der Waals surface area contributed by atoms with E-state index in [2.05, 4.69) is 39.0 Å². The topological polar surface area (TPSA) is 50.9 Å². The summed E-state index contributed by atoms with van der Waals surface area (Å²) in [5.41, 5.74) is 2.43. The largest absolute Gasteiger partial charge is 0.396 e. The summed E-state index contributed by atoms with van der Waals surface area (Å²) in [5, 5.41) is 18.6. The van der Waals surface area contributed by atoms with Crippen LogP contribution in [0.3, 0.4) is 0 Å². The van der Waals surface area contributed by atoms with Gasteiger partial charge < -0.3 is 9.67 Å². The highest BCUT2D eigenvalue weighted by molar-refractivity contribution is 7.99. The van der Waals surface area contributed by atoms with Gasteiger partial charge >= 0.3 is 0 Å². The molecule has 118 valence electrons. The fraction of sp³-hybridized carbons (Fsp3) is 0.222. The van der Waals surface area contributed by atoms with Crippen LogP contribution in [0.5, 0.6) is 0 Å². The number of hydrogen-bond donors (Lipinski definition) is 1. The zero-order chi connectivity index (χ0) is 15.9. The third kappa shape index (κ3) is 4.21. The van der Waals surface area contributed by atoms with Crippen molar-refractivity contribution in [2.45, 2.75) is 18.1 Å². The first-order valence-electron chi connectivity index (χ1n) is 7.60. The van der Waals surface area contributed by atoms with Crippen molar-refractivity contribution in [1.29, 1.82) is 0 Å². The molecule has 4 nitrogen and oxygen atoms in total. The van der Waals surface area contributed by atoms with Gasteiger partial charge in [-0.25, -0.2) is 0 Å². The maximum Gasteiger partial charge on any atom is 0.191 e. The average molecular weight is 325 g/mol. The Balaban J connectivity index is 1.87. The van der Waals surface area contributed by atoms with Crippen LogP contribution in [0.4, 0.5) is 0 Å². The molecule has 0 unspecified atom stereocenters. The molecule has 1 aromatic heterocycles. The van der Waals surface area contributed by atoms with Gasteiger partial charge in [-0.3, -0.25) is 0 Å². The summed E-state index contributed by atoms with van der Waals surface area (Å²) in [6, 6.07) is 20.6. The van der Waals surface area contributed by atoms with Crippen LogP contribution in [0, 0.1) is 0 Å². The molecule has 1 heterocycles. The zero-order valence-electron chi connectivity index (χ0n) is 12.8. The highest BCUT2D eigenvalue weighted by Crippen LogP contribution is 2.20. The lowest BCUT2D eigenvalue weighted by Crippen LogP contribution is -2.08. The second-order valence-corrected chi connectivity index (χ2v) is 6.27. The first kappa shape index (κ1) is 15.8. The van der Waals surface area contributed by atoms with E-state index in [1.807, 2.05) is 36.4 Å². The highest BCUT2D eigenvalue weighted by Gasteiger charge is 2.13. The number of rotatable bonds is 7. The monoisotopic (exact) mass is 325 g/mol. The SMILES string of the molecule is OCCSc1nnc(Cc2ccccc2)n1Cc1ccccc1. The van der Waals surface area contributed by atoms with E-state index < -0.39 is 0 Å². The summed E-state index contributed by atoms with van der Waals surface area (Å²) < 4.78 is 2.14. The van der Waals surface area contributed by atoms with E-state index in [0.29, 0.717) is 5.75 Å². The van der Waals surface area contributed by atoms with Crippen molar-refractivity contribution in [3.05, 3.63) is 77.6 Å². The lowest BCUT2D eigenvalue weighted by atomic mass is 10.1. The molecule has 0 aliphatic heterocycles. The third-order valence-corrected chi connectivity index (χ3v) is 4.45. The van der Waals surface area contributed by atoms with Crippen molar-refractivity contribution < 1.29 is 5.11 Å². The van der Waals surface area contributed by atoms with Crippen LogP contribution in [0.1, 0.15) is 17.0 Å². The van der Waals surface area contributed by atoms with Crippen LogP contribution in [-0.4, -0.2) is 32.2 Å². The number of thioether (sulfide) groups is 1.